The van der Waals surface area contributed by atoms with Crippen molar-refractivity contribution in [1.82, 2.24) is 24.6 Å². The molecule has 0 radical (unpaired) electrons. The molecule has 1 amide bonds. The predicted molar refractivity (Wildman–Crippen MR) is 149 cm³/mol. The lowest BCUT2D eigenvalue weighted by molar-refractivity contribution is 0.0917. The number of nitrogens with one attached hydrogen (secondary N) is 1. The Morgan fingerprint density at radius 3 is 2.68 bits per heavy atom. The van der Waals surface area contributed by atoms with Crippen LogP contribution in [-0.2, 0) is 4.74 Å². The molecule has 3 aliphatic rings. The van der Waals surface area contributed by atoms with Gasteiger partial charge < -0.3 is 19.9 Å². The molecular formula is C28H32N6O3S. The van der Waals surface area contributed by atoms with Gasteiger partial charge in [-0.1, -0.05) is 12.1 Å². The van der Waals surface area contributed by atoms with Gasteiger partial charge >= 0.3 is 0 Å². The molecule has 0 unspecified atom stereocenters. The SMILES string of the molecule is CN1CCC(NC(=O)c2c(=O)c3cnc(N4CCC5(CCOC5)CC4)nc3n3c2sc2ccccc23)CC1. The summed E-state index contributed by atoms with van der Waals surface area (Å²) in [4.78, 5) is 42.1. The fourth-order valence-corrected chi connectivity index (χ4v) is 7.46. The van der Waals surface area contributed by atoms with Crippen molar-refractivity contribution in [2.24, 2.45) is 5.41 Å². The number of anilines is 1. The van der Waals surface area contributed by atoms with Crippen LogP contribution < -0.4 is 15.6 Å². The molecule has 3 aromatic heterocycles. The van der Waals surface area contributed by atoms with Crippen LogP contribution in [0.15, 0.2) is 35.3 Å². The fourth-order valence-electron chi connectivity index (χ4n) is 6.27. The Morgan fingerprint density at radius 2 is 1.92 bits per heavy atom. The highest BCUT2D eigenvalue weighted by Crippen LogP contribution is 2.40. The highest BCUT2D eigenvalue weighted by Gasteiger charge is 2.38. The third-order valence-corrected chi connectivity index (χ3v) is 9.89. The van der Waals surface area contributed by atoms with Crippen LogP contribution in [0.2, 0.25) is 0 Å². The number of hydrogen-bond donors (Lipinski definition) is 1. The molecule has 6 heterocycles. The average molecular weight is 533 g/mol. The van der Waals surface area contributed by atoms with Crippen LogP contribution in [0, 0.1) is 5.41 Å². The van der Waals surface area contributed by atoms with Crippen molar-refractivity contribution >= 4 is 49.3 Å². The van der Waals surface area contributed by atoms with E-state index in [2.05, 4.69) is 27.1 Å². The number of nitrogens with zero attached hydrogens (tertiary/aromatic N) is 5. The molecule has 7 rings (SSSR count). The van der Waals surface area contributed by atoms with Crippen LogP contribution in [0.4, 0.5) is 5.95 Å². The van der Waals surface area contributed by atoms with Crippen LogP contribution in [0.5, 0.6) is 0 Å². The van der Waals surface area contributed by atoms with Crippen molar-refractivity contribution in [3.05, 3.63) is 46.2 Å². The number of amides is 1. The number of ether oxygens (including phenoxy) is 1. The maximum atomic E-state index is 13.8. The summed E-state index contributed by atoms with van der Waals surface area (Å²) in [7, 11) is 2.09. The summed E-state index contributed by atoms with van der Waals surface area (Å²) in [6.07, 6.45) is 6.61. The van der Waals surface area contributed by atoms with E-state index < -0.39 is 0 Å². The van der Waals surface area contributed by atoms with Crippen LogP contribution in [0.25, 0.3) is 26.1 Å². The number of fused-ring (bicyclic) bond motifs is 5. The van der Waals surface area contributed by atoms with E-state index in [0.717, 1.165) is 81.7 Å². The number of rotatable bonds is 3. The van der Waals surface area contributed by atoms with Crippen molar-refractivity contribution in [1.29, 1.82) is 0 Å². The van der Waals surface area contributed by atoms with Crippen molar-refractivity contribution in [2.75, 3.05) is 51.3 Å². The molecule has 0 saturated carbocycles. The van der Waals surface area contributed by atoms with Crippen LogP contribution >= 0.6 is 11.3 Å². The van der Waals surface area contributed by atoms with Crippen LogP contribution in [-0.4, -0.2) is 77.7 Å². The second kappa shape index (κ2) is 9.29. The van der Waals surface area contributed by atoms with Gasteiger partial charge in [-0.25, -0.2) is 4.98 Å². The molecule has 0 aliphatic carbocycles. The monoisotopic (exact) mass is 532 g/mol. The Labute approximate surface area is 224 Å². The highest BCUT2D eigenvalue weighted by molar-refractivity contribution is 7.24. The van der Waals surface area contributed by atoms with E-state index in [0.29, 0.717) is 21.8 Å². The Balaban J connectivity index is 1.32. The van der Waals surface area contributed by atoms with Gasteiger partial charge in [-0.15, -0.1) is 11.3 Å². The maximum absolute atomic E-state index is 13.8. The fraction of sp³-hybridized carbons (Fsp3) is 0.500. The van der Waals surface area contributed by atoms with Crippen molar-refractivity contribution in [3.8, 4) is 0 Å². The minimum absolute atomic E-state index is 0.0644. The molecule has 3 saturated heterocycles. The zero-order chi connectivity index (χ0) is 25.9. The number of carbonyl (C=O) groups is 1. The van der Waals surface area contributed by atoms with Gasteiger partial charge in [-0.2, -0.15) is 4.98 Å². The van der Waals surface area contributed by atoms with Gasteiger partial charge in [-0.05, 0) is 69.8 Å². The molecule has 1 N–H and O–H groups in total. The number of carbonyl (C=O) groups excluding carboxylic acids is 1. The first-order chi connectivity index (χ1) is 18.5. The Kier molecular flexibility index (Phi) is 5.86. The molecule has 0 bridgehead atoms. The van der Waals surface area contributed by atoms with E-state index in [1.165, 1.54) is 11.3 Å². The number of benzene rings is 1. The maximum Gasteiger partial charge on any atom is 0.258 e. The van der Waals surface area contributed by atoms with E-state index in [9.17, 15) is 9.59 Å². The van der Waals surface area contributed by atoms with E-state index in [-0.39, 0.29) is 28.4 Å². The van der Waals surface area contributed by atoms with E-state index in [1.807, 2.05) is 28.7 Å². The molecular weight excluding hydrogens is 500 g/mol. The summed E-state index contributed by atoms with van der Waals surface area (Å²) in [5.41, 5.74) is 1.68. The first-order valence-electron chi connectivity index (χ1n) is 13.6. The molecule has 198 valence electrons. The molecule has 38 heavy (non-hydrogen) atoms. The van der Waals surface area contributed by atoms with Crippen molar-refractivity contribution in [2.45, 2.75) is 38.1 Å². The lowest BCUT2D eigenvalue weighted by Crippen LogP contribution is -2.44. The van der Waals surface area contributed by atoms with E-state index in [4.69, 9.17) is 9.72 Å². The Bertz CT molecular complexity index is 1590. The first kappa shape index (κ1) is 24.0. The minimum atomic E-state index is -0.306. The zero-order valence-electron chi connectivity index (χ0n) is 21.6. The molecule has 3 fully saturated rings. The summed E-state index contributed by atoms with van der Waals surface area (Å²) >= 11 is 1.47. The lowest BCUT2D eigenvalue weighted by atomic mass is 9.78. The quantitative estimate of drug-likeness (QED) is 0.433. The zero-order valence-corrected chi connectivity index (χ0v) is 22.4. The molecule has 1 spiro atoms. The second-order valence-corrected chi connectivity index (χ2v) is 12.2. The minimum Gasteiger partial charge on any atom is -0.381 e. The van der Waals surface area contributed by atoms with Gasteiger partial charge in [0.1, 0.15) is 10.4 Å². The smallest absolute Gasteiger partial charge is 0.258 e. The van der Waals surface area contributed by atoms with Gasteiger partial charge in [0.2, 0.25) is 11.4 Å². The molecule has 0 atom stereocenters. The number of hydrogen-bond acceptors (Lipinski definition) is 8. The van der Waals surface area contributed by atoms with Gasteiger partial charge in [-0.3, -0.25) is 14.0 Å². The van der Waals surface area contributed by atoms with Gasteiger partial charge in [0.05, 0.1) is 22.2 Å². The summed E-state index contributed by atoms with van der Waals surface area (Å²) in [6, 6.07) is 8.07. The molecule has 3 aliphatic heterocycles. The number of aromatic nitrogens is 3. The molecule has 10 heteroatoms. The van der Waals surface area contributed by atoms with Gasteiger partial charge in [0.25, 0.3) is 5.91 Å². The van der Waals surface area contributed by atoms with Gasteiger partial charge in [0, 0.05) is 31.9 Å². The summed E-state index contributed by atoms with van der Waals surface area (Å²) < 4.78 is 8.69. The van der Waals surface area contributed by atoms with Crippen LogP contribution in [0.1, 0.15) is 42.5 Å². The number of thiazole rings is 1. The topological polar surface area (TPSA) is 92.1 Å². The Hall–Kier alpha value is -3.08. The summed E-state index contributed by atoms with van der Waals surface area (Å²) in [5.74, 6) is 0.331. The number of pyridine rings is 1. The number of piperidine rings is 2. The largest absolute Gasteiger partial charge is 0.381 e. The molecule has 9 nitrogen and oxygen atoms in total. The third-order valence-electron chi connectivity index (χ3n) is 8.74. The molecule has 1 aromatic carbocycles. The highest BCUT2D eigenvalue weighted by atomic mass is 32.1. The first-order valence-corrected chi connectivity index (χ1v) is 14.4. The van der Waals surface area contributed by atoms with Crippen LogP contribution in [0.3, 0.4) is 0 Å². The van der Waals surface area contributed by atoms with E-state index in [1.54, 1.807) is 6.20 Å². The van der Waals surface area contributed by atoms with Crippen molar-refractivity contribution < 1.29 is 9.53 Å². The standard InChI is InChI=1S/C28H32N6O3S/c1-32-11-6-18(7-12-32)30-25(36)22-23(35)19-16-29-27(33-13-8-28(9-14-33)10-15-37-17-28)31-24(19)34-20-4-2-3-5-21(20)38-26(22)34/h2-5,16,18H,6-15,17H2,1H3,(H,30,36). The van der Waals surface area contributed by atoms with Gasteiger partial charge in [0.15, 0.2) is 5.65 Å². The average Bonchev–Trinajstić information content (AvgIpc) is 3.55. The Morgan fingerprint density at radius 1 is 1.13 bits per heavy atom. The summed E-state index contributed by atoms with van der Waals surface area (Å²) in [5, 5.41) is 3.53. The number of para-hydroxylation sites is 1. The predicted octanol–water partition coefficient (Wildman–Crippen LogP) is 3.29. The molecule has 4 aromatic rings. The lowest BCUT2D eigenvalue weighted by Gasteiger charge is -2.38. The normalized spacial score (nSPS) is 20.7. The van der Waals surface area contributed by atoms with E-state index >= 15 is 0 Å². The second-order valence-electron chi connectivity index (χ2n) is 11.2. The number of likely N-dealkylation sites (tertiary alicyclic amines) is 1. The van der Waals surface area contributed by atoms with Crippen molar-refractivity contribution in [3.63, 3.8) is 0 Å². The third kappa shape index (κ3) is 3.97. The summed E-state index contributed by atoms with van der Waals surface area (Å²) in [6.45, 7) is 5.30.